The average Bonchev–Trinajstić information content (AvgIpc) is 3.24. The number of hydrogen-bond donors (Lipinski definition) is 2. The van der Waals surface area contributed by atoms with Crippen molar-refractivity contribution in [2.75, 3.05) is 10.0 Å². The molecule has 4 aromatic rings. The number of anilines is 2. The zero-order valence-corrected chi connectivity index (χ0v) is 18.5. The quantitative estimate of drug-likeness (QED) is 0.402. The third-order valence-electron chi connectivity index (χ3n) is 4.57. The summed E-state index contributed by atoms with van der Waals surface area (Å²) >= 11 is 1.22. The van der Waals surface area contributed by atoms with Crippen LogP contribution in [0, 0.1) is 12.7 Å². The van der Waals surface area contributed by atoms with E-state index in [0.29, 0.717) is 16.5 Å². The topological polar surface area (TPSA) is 88.2 Å². The molecule has 0 spiro atoms. The highest BCUT2D eigenvalue weighted by Gasteiger charge is 2.17. The number of halogens is 1. The van der Waals surface area contributed by atoms with Gasteiger partial charge in [0.15, 0.2) is 5.13 Å². The maximum atomic E-state index is 13.1. The number of benzene rings is 3. The smallest absolute Gasteiger partial charge is 0.261 e. The van der Waals surface area contributed by atoms with E-state index in [4.69, 9.17) is 0 Å². The normalized spacial score (nSPS) is 11.2. The molecule has 32 heavy (non-hydrogen) atoms. The lowest BCUT2D eigenvalue weighted by Gasteiger charge is -2.09. The van der Waals surface area contributed by atoms with Crippen LogP contribution in [-0.2, 0) is 10.0 Å². The fourth-order valence-electron chi connectivity index (χ4n) is 2.89. The Hall–Kier alpha value is -3.56. The molecule has 0 radical (unpaired) electrons. The summed E-state index contributed by atoms with van der Waals surface area (Å²) < 4.78 is 41.1. The van der Waals surface area contributed by atoms with Gasteiger partial charge in [0, 0.05) is 22.2 Å². The molecule has 0 bridgehead atoms. The monoisotopic (exact) mass is 467 g/mol. The molecular formula is C23H18FN3O3S2. The Morgan fingerprint density at radius 1 is 1.00 bits per heavy atom. The van der Waals surface area contributed by atoms with Crippen molar-refractivity contribution in [3.63, 3.8) is 0 Å². The highest BCUT2D eigenvalue weighted by Crippen LogP contribution is 2.26. The molecule has 1 aromatic heterocycles. The van der Waals surface area contributed by atoms with Crippen molar-refractivity contribution in [2.45, 2.75) is 11.8 Å². The Labute approximate surface area is 188 Å². The van der Waals surface area contributed by atoms with Crippen molar-refractivity contribution in [3.8, 4) is 11.3 Å². The first-order valence-corrected chi connectivity index (χ1v) is 11.9. The first kappa shape index (κ1) is 21.7. The molecule has 0 saturated heterocycles. The molecule has 3 aromatic carbocycles. The number of nitrogens with one attached hydrogen (secondary N) is 2. The summed E-state index contributed by atoms with van der Waals surface area (Å²) in [6.45, 7) is 1.91. The van der Waals surface area contributed by atoms with Gasteiger partial charge < -0.3 is 0 Å². The van der Waals surface area contributed by atoms with Crippen molar-refractivity contribution in [1.82, 2.24) is 4.98 Å². The minimum absolute atomic E-state index is 0.0307. The molecule has 0 aliphatic carbocycles. The first-order chi connectivity index (χ1) is 15.3. The fourth-order valence-corrected chi connectivity index (χ4v) is 4.71. The molecular weight excluding hydrogens is 449 g/mol. The van der Waals surface area contributed by atoms with E-state index in [1.165, 1.54) is 47.7 Å². The minimum Gasteiger partial charge on any atom is -0.298 e. The number of aromatic nitrogens is 1. The number of hydrogen-bond acceptors (Lipinski definition) is 5. The Bertz CT molecular complexity index is 1370. The molecule has 0 aliphatic rings. The maximum absolute atomic E-state index is 13.1. The minimum atomic E-state index is -3.86. The van der Waals surface area contributed by atoms with Crippen molar-refractivity contribution in [3.05, 3.63) is 95.1 Å². The predicted octanol–water partition coefficient (Wildman–Crippen LogP) is 5.31. The third kappa shape index (κ3) is 5.01. The molecule has 0 atom stereocenters. The molecule has 162 valence electrons. The van der Waals surface area contributed by atoms with Gasteiger partial charge in [-0.15, -0.1) is 11.3 Å². The van der Waals surface area contributed by atoms with Crippen LogP contribution >= 0.6 is 11.3 Å². The van der Waals surface area contributed by atoms with Crippen molar-refractivity contribution < 1.29 is 17.6 Å². The predicted molar refractivity (Wildman–Crippen MR) is 124 cm³/mol. The van der Waals surface area contributed by atoms with Crippen LogP contribution in [0.4, 0.5) is 15.2 Å². The van der Waals surface area contributed by atoms with E-state index in [2.05, 4.69) is 15.0 Å². The molecule has 1 amide bonds. The van der Waals surface area contributed by atoms with Crippen LogP contribution in [0.3, 0.4) is 0 Å². The summed E-state index contributed by atoms with van der Waals surface area (Å²) in [6, 6.07) is 18.6. The molecule has 2 N–H and O–H groups in total. The SMILES string of the molecule is Cc1ccc(NS(=O)(=O)c2cccc(C(=O)Nc3nc(-c4ccc(F)cc4)cs3)c2)cc1. The molecule has 6 nitrogen and oxygen atoms in total. The van der Waals surface area contributed by atoms with Crippen LogP contribution in [0.2, 0.25) is 0 Å². The summed E-state index contributed by atoms with van der Waals surface area (Å²) in [6.07, 6.45) is 0. The van der Waals surface area contributed by atoms with E-state index in [0.717, 1.165) is 11.1 Å². The summed E-state index contributed by atoms with van der Waals surface area (Å²) in [5, 5.41) is 4.77. The largest absolute Gasteiger partial charge is 0.298 e. The van der Waals surface area contributed by atoms with Crippen LogP contribution < -0.4 is 10.0 Å². The van der Waals surface area contributed by atoms with Gasteiger partial charge >= 0.3 is 0 Å². The van der Waals surface area contributed by atoms with Crippen LogP contribution in [0.25, 0.3) is 11.3 Å². The van der Waals surface area contributed by atoms with Gasteiger partial charge in [-0.1, -0.05) is 23.8 Å². The van der Waals surface area contributed by atoms with Gasteiger partial charge in [-0.25, -0.2) is 17.8 Å². The van der Waals surface area contributed by atoms with E-state index in [1.54, 1.807) is 41.8 Å². The lowest BCUT2D eigenvalue weighted by molar-refractivity contribution is 0.102. The van der Waals surface area contributed by atoms with Gasteiger partial charge in [0.2, 0.25) is 0 Å². The lowest BCUT2D eigenvalue weighted by Crippen LogP contribution is -2.16. The molecule has 9 heteroatoms. The van der Waals surface area contributed by atoms with E-state index in [9.17, 15) is 17.6 Å². The zero-order valence-electron chi connectivity index (χ0n) is 16.9. The summed E-state index contributed by atoms with van der Waals surface area (Å²) in [4.78, 5) is 17.0. The van der Waals surface area contributed by atoms with Crippen LogP contribution in [0.15, 0.2) is 83.1 Å². The van der Waals surface area contributed by atoms with E-state index in [1.807, 2.05) is 6.92 Å². The number of nitrogens with zero attached hydrogens (tertiary/aromatic N) is 1. The third-order valence-corrected chi connectivity index (χ3v) is 6.71. The highest BCUT2D eigenvalue weighted by atomic mass is 32.2. The Kier molecular flexibility index (Phi) is 6.02. The first-order valence-electron chi connectivity index (χ1n) is 9.52. The second-order valence-electron chi connectivity index (χ2n) is 7.00. The zero-order chi connectivity index (χ0) is 22.7. The molecule has 0 unspecified atom stereocenters. The summed E-state index contributed by atoms with van der Waals surface area (Å²) in [7, 11) is -3.86. The van der Waals surface area contributed by atoms with Crippen LogP contribution in [0.5, 0.6) is 0 Å². The second kappa shape index (κ2) is 8.89. The standard InChI is InChI=1S/C23H18FN3O3S2/c1-15-5-11-19(12-6-15)27-32(29,30)20-4-2-3-17(13-20)22(28)26-23-25-21(14-31-23)16-7-9-18(24)10-8-16/h2-14,27H,1H3,(H,25,26,28). The number of amides is 1. The average molecular weight is 468 g/mol. The molecule has 4 rings (SSSR count). The van der Waals surface area contributed by atoms with E-state index in [-0.39, 0.29) is 16.3 Å². The molecule has 0 fully saturated rings. The van der Waals surface area contributed by atoms with Crippen LogP contribution in [0.1, 0.15) is 15.9 Å². The lowest BCUT2D eigenvalue weighted by atomic mass is 10.2. The van der Waals surface area contributed by atoms with Gasteiger partial charge in [0.05, 0.1) is 10.6 Å². The van der Waals surface area contributed by atoms with Crippen molar-refractivity contribution in [1.29, 1.82) is 0 Å². The number of carbonyl (C=O) groups excluding carboxylic acids is 1. The van der Waals surface area contributed by atoms with Gasteiger partial charge in [-0.3, -0.25) is 14.8 Å². The van der Waals surface area contributed by atoms with Crippen molar-refractivity contribution in [2.24, 2.45) is 0 Å². The number of carbonyl (C=O) groups is 1. The van der Waals surface area contributed by atoms with E-state index >= 15 is 0 Å². The van der Waals surface area contributed by atoms with E-state index < -0.39 is 15.9 Å². The van der Waals surface area contributed by atoms with Crippen molar-refractivity contribution >= 4 is 38.1 Å². The van der Waals surface area contributed by atoms with Crippen LogP contribution in [-0.4, -0.2) is 19.3 Å². The fraction of sp³-hybridized carbons (Fsp3) is 0.0435. The number of sulfonamides is 1. The Balaban J connectivity index is 1.50. The maximum Gasteiger partial charge on any atom is 0.261 e. The number of thiazole rings is 1. The van der Waals surface area contributed by atoms with Gasteiger partial charge in [-0.05, 0) is 61.5 Å². The van der Waals surface area contributed by atoms with Gasteiger partial charge in [-0.2, -0.15) is 0 Å². The molecule has 1 heterocycles. The molecule has 0 aliphatic heterocycles. The van der Waals surface area contributed by atoms with Gasteiger partial charge in [0.25, 0.3) is 15.9 Å². The van der Waals surface area contributed by atoms with Gasteiger partial charge in [0.1, 0.15) is 5.82 Å². The second-order valence-corrected chi connectivity index (χ2v) is 9.54. The Morgan fingerprint density at radius 2 is 1.72 bits per heavy atom. The number of aryl methyl sites for hydroxylation is 1. The summed E-state index contributed by atoms with van der Waals surface area (Å²) in [5.41, 5.74) is 2.94. The Morgan fingerprint density at radius 3 is 2.44 bits per heavy atom. The number of rotatable bonds is 6. The summed E-state index contributed by atoms with van der Waals surface area (Å²) in [5.74, 6) is -0.832. The molecule has 0 saturated carbocycles. The highest BCUT2D eigenvalue weighted by molar-refractivity contribution is 7.92.